The third-order valence-corrected chi connectivity index (χ3v) is 4.42. The van der Waals surface area contributed by atoms with E-state index in [2.05, 4.69) is 57.7 Å². The van der Waals surface area contributed by atoms with Gasteiger partial charge >= 0.3 is 0 Å². The van der Waals surface area contributed by atoms with Crippen LogP contribution in [0.5, 0.6) is 0 Å². The van der Waals surface area contributed by atoms with Crippen LogP contribution in [0.1, 0.15) is 28.5 Å². The lowest BCUT2D eigenvalue weighted by Crippen LogP contribution is -2.25. The van der Waals surface area contributed by atoms with E-state index in [0.29, 0.717) is 18.8 Å². The van der Waals surface area contributed by atoms with Crippen molar-refractivity contribution in [2.24, 2.45) is 0 Å². The third kappa shape index (κ3) is 6.65. The molecule has 1 N–H and O–H groups in total. The molecule has 3 aromatic rings. The van der Waals surface area contributed by atoms with Gasteiger partial charge in [0.2, 0.25) is 0 Å². The van der Waals surface area contributed by atoms with Gasteiger partial charge in [-0.2, -0.15) is 0 Å². The van der Waals surface area contributed by atoms with Crippen molar-refractivity contribution in [3.63, 3.8) is 0 Å². The summed E-state index contributed by atoms with van der Waals surface area (Å²) in [5, 5.41) is 10.9. The number of nitrogens with zero attached hydrogens (tertiary/aromatic N) is 5. The van der Waals surface area contributed by atoms with Gasteiger partial charge in [0.25, 0.3) is 5.91 Å². The van der Waals surface area contributed by atoms with Gasteiger partial charge in [-0.25, -0.2) is 0 Å². The molecule has 3 rings (SSSR count). The SMILES string of the molecule is CC(=Cc1ccccc1)CN(C)CCn1cc(C(=O)NCc2ccncc2)nn1. The third-order valence-electron chi connectivity index (χ3n) is 4.42. The summed E-state index contributed by atoms with van der Waals surface area (Å²) in [5.41, 5.74) is 3.80. The molecule has 0 radical (unpaired) electrons. The quantitative estimate of drug-likeness (QED) is 0.608. The fraction of sp³-hybridized carbons (Fsp3) is 0.273. The standard InChI is InChI=1S/C22H26N6O/c1-18(14-19-6-4-3-5-7-19)16-27(2)12-13-28-17-21(25-26-28)22(29)24-15-20-8-10-23-11-9-20/h3-11,14,17H,12-13,15-16H2,1-2H3,(H,24,29). The Bertz CT molecular complexity index is 936. The Morgan fingerprint density at radius 2 is 1.93 bits per heavy atom. The van der Waals surface area contributed by atoms with Crippen molar-refractivity contribution in [3.8, 4) is 0 Å². The molecule has 150 valence electrons. The van der Waals surface area contributed by atoms with Gasteiger partial charge < -0.3 is 10.2 Å². The average Bonchev–Trinajstić information content (AvgIpc) is 3.21. The molecule has 0 saturated carbocycles. The normalized spacial score (nSPS) is 11.6. The fourth-order valence-electron chi connectivity index (χ4n) is 2.94. The lowest BCUT2D eigenvalue weighted by atomic mass is 10.1. The zero-order valence-corrected chi connectivity index (χ0v) is 16.8. The summed E-state index contributed by atoms with van der Waals surface area (Å²) < 4.78 is 1.70. The number of carbonyl (C=O) groups is 1. The lowest BCUT2D eigenvalue weighted by Gasteiger charge is -2.16. The van der Waals surface area contributed by atoms with E-state index in [-0.39, 0.29) is 5.91 Å². The number of rotatable bonds is 9. The van der Waals surface area contributed by atoms with Gasteiger partial charge in [0.05, 0.1) is 12.7 Å². The van der Waals surface area contributed by atoms with Gasteiger partial charge in [-0.1, -0.05) is 47.2 Å². The van der Waals surface area contributed by atoms with Crippen molar-refractivity contribution >= 4 is 12.0 Å². The van der Waals surface area contributed by atoms with E-state index in [0.717, 1.165) is 18.7 Å². The number of hydrogen-bond acceptors (Lipinski definition) is 5. The van der Waals surface area contributed by atoms with Crippen molar-refractivity contribution in [3.05, 3.63) is 83.4 Å². The van der Waals surface area contributed by atoms with Gasteiger partial charge in [-0.15, -0.1) is 5.10 Å². The second-order valence-electron chi connectivity index (χ2n) is 7.04. The second kappa shape index (κ2) is 10.3. The van der Waals surface area contributed by atoms with Gasteiger partial charge in [-0.05, 0) is 37.2 Å². The molecule has 7 nitrogen and oxygen atoms in total. The molecule has 7 heteroatoms. The Hall–Kier alpha value is -3.32. The van der Waals surface area contributed by atoms with E-state index in [1.165, 1.54) is 11.1 Å². The van der Waals surface area contributed by atoms with Crippen LogP contribution in [0.4, 0.5) is 0 Å². The molecule has 0 aliphatic heterocycles. The van der Waals surface area contributed by atoms with Gasteiger partial charge in [0.1, 0.15) is 0 Å². The maximum absolute atomic E-state index is 12.2. The summed E-state index contributed by atoms with van der Waals surface area (Å²) in [7, 11) is 2.07. The molecule has 0 bridgehead atoms. The highest BCUT2D eigenvalue weighted by Crippen LogP contribution is 2.07. The van der Waals surface area contributed by atoms with Crippen LogP contribution < -0.4 is 5.32 Å². The molecule has 0 fully saturated rings. The molecule has 0 atom stereocenters. The molecular weight excluding hydrogens is 364 g/mol. The van der Waals surface area contributed by atoms with Crippen molar-refractivity contribution in [1.29, 1.82) is 0 Å². The highest BCUT2D eigenvalue weighted by Gasteiger charge is 2.11. The summed E-state index contributed by atoms with van der Waals surface area (Å²) in [4.78, 5) is 18.4. The molecule has 1 aromatic carbocycles. The molecular formula is C22H26N6O. The predicted octanol–water partition coefficient (Wildman–Crippen LogP) is 2.64. The lowest BCUT2D eigenvalue weighted by molar-refractivity contribution is 0.0946. The van der Waals surface area contributed by atoms with E-state index < -0.39 is 0 Å². The summed E-state index contributed by atoms with van der Waals surface area (Å²) in [6, 6.07) is 14.0. The van der Waals surface area contributed by atoms with Crippen molar-refractivity contribution < 1.29 is 4.79 Å². The van der Waals surface area contributed by atoms with E-state index >= 15 is 0 Å². The molecule has 0 saturated heterocycles. The summed E-state index contributed by atoms with van der Waals surface area (Å²) >= 11 is 0. The number of aromatic nitrogens is 4. The number of pyridine rings is 1. The number of carbonyl (C=O) groups excluding carboxylic acids is 1. The van der Waals surface area contributed by atoms with Gasteiger partial charge in [0.15, 0.2) is 5.69 Å². The Kier molecular flexibility index (Phi) is 7.24. The number of likely N-dealkylation sites (N-methyl/N-ethyl adjacent to an activating group) is 1. The second-order valence-corrected chi connectivity index (χ2v) is 7.04. The van der Waals surface area contributed by atoms with Crippen LogP contribution in [0.2, 0.25) is 0 Å². The highest BCUT2D eigenvalue weighted by molar-refractivity contribution is 5.91. The van der Waals surface area contributed by atoms with E-state index in [9.17, 15) is 4.79 Å². The van der Waals surface area contributed by atoms with Crippen LogP contribution in [-0.4, -0.2) is 50.9 Å². The van der Waals surface area contributed by atoms with E-state index in [1.54, 1.807) is 23.3 Å². The smallest absolute Gasteiger partial charge is 0.273 e. The van der Waals surface area contributed by atoms with Gasteiger partial charge in [-0.3, -0.25) is 14.5 Å². The topological polar surface area (TPSA) is 75.9 Å². The van der Waals surface area contributed by atoms with Crippen LogP contribution in [-0.2, 0) is 13.1 Å². The van der Waals surface area contributed by atoms with Crippen LogP contribution >= 0.6 is 0 Å². The summed E-state index contributed by atoms with van der Waals surface area (Å²) in [6.45, 7) is 4.90. The first-order chi connectivity index (χ1) is 14.1. The van der Waals surface area contributed by atoms with Crippen molar-refractivity contribution in [2.45, 2.75) is 20.0 Å². The zero-order chi connectivity index (χ0) is 20.5. The first-order valence-electron chi connectivity index (χ1n) is 9.58. The largest absolute Gasteiger partial charge is 0.347 e. The average molecular weight is 390 g/mol. The van der Waals surface area contributed by atoms with Crippen LogP contribution in [0, 0.1) is 0 Å². The number of amides is 1. The van der Waals surface area contributed by atoms with Crippen LogP contribution in [0.15, 0.2) is 66.6 Å². The summed E-state index contributed by atoms with van der Waals surface area (Å²) in [5.74, 6) is -0.233. The Morgan fingerprint density at radius 3 is 2.69 bits per heavy atom. The zero-order valence-electron chi connectivity index (χ0n) is 16.8. The Balaban J connectivity index is 1.44. The minimum absolute atomic E-state index is 0.233. The molecule has 0 unspecified atom stereocenters. The van der Waals surface area contributed by atoms with Crippen LogP contribution in [0.25, 0.3) is 6.08 Å². The fourth-order valence-corrected chi connectivity index (χ4v) is 2.94. The molecule has 0 aliphatic rings. The highest BCUT2D eigenvalue weighted by atomic mass is 16.2. The minimum Gasteiger partial charge on any atom is -0.347 e. The van der Waals surface area contributed by atoms with Crippen molar-refractivity contribution in [1.82, 2.24) is 30.2 Å². The maximum Gasteiger partial charge on any atom is 0.273 e. The van der Waals surface area contributed by atoms with Crippen LogP contribution in [0.3, 0.4) is 0 Å². The van der Waals surface area contributed by atoms with E-state index in [1.807, 2.05) is 30.3 Å². The first-order valence-corrected chi connectivity index (χ1v) is 9.58. The molecule has 2 heterocycles. The monoisotopic (exact) mass is 390 g/mol. The summed E-state index contributed by atoms with van der Waals surface area (Å²) in [6.07, 6.45) is 7.27. The minimum atomic E-state index is -0.233. The molecule has 1 amide bonds. The van der Waals surface area contributed by atoms with Gasteiger partial charge in [0, 0.05) is 32.0 Å². The first kappa shape index (κ1) is 20.4. The predicted molar refractivity (Wildman–Crippen MR) is 113 cm³/mol. The Morgan fingerprint density at radius 1 is 1.17 bits per heavy atom. The Labute approximate surface area is 171 Å². The maximum atomic E-state index is 12.2. The number of hydrogen-bond donors (Lipinski definition) is 1. The molecule has 0 spiro atoms. The molecule has 0 aliphatic carbocycles. The number of benzene rings is 1. The van der Waals surface area contributed by atoms with E-state index in [4.69, 9.17) is 0 Å². The molecule has 2 aromatic heterocycles. The number of nitrogens with one attached hydrogen (secondary N) is 1. The molecule has 29 heavy (non-hydrogen) atoms. The van der Waals surface area contributed by atoms with Crippen molar-refractivity contribution in [2.75, 3.05) is 20.1 Å².